The summed E-state index contributed by atoms with van der Waals surface area (Å²) >= 11 is 0. The molecule has 2 nitrogen and oxygen atoms in total. The van der Waals surface area contributed by atoms with E-state index in [-0.39, 0.29) is 5.97 Å². The first-order chi connectivity index (χ1) is 8.61. The number of esters is 1. The average Bonchev–Trinajstić information content (AvgIpc) is 2.37. The van der Waals surface area contributed by atoms with Gasteiger partial charge in [-0.1, -0.05) is 50.8 Å². The van der Waals surface area contributed by atoms with Crippen LogP contribution in [0.2, 0.25) is 0 Å². The lowest BCUT2D eigenvalue weighted by molar-refractivity contribution is -0.136. The first-order valence-corrected chi connectivity index (χ1v) is 6.20. The van der Waals surface area contributed by atoms with E-state index in [9.17, 15) is 4.79 Å². The number of hydrogen-bond acceptors (Lipinski definition) is 2. The summed E-state index contributed by atoms with van der Waals surface area (Å²) in [4.78, 5) is 11.8. The molecule has 0 bridgehead atoms. The summed E-state index contributed by atoms with van der Waals surface area (Å²) in [5.74, 6) is -0.350. The van der Waals surface area contributed by atoms with Crippen molar-refractivity contribution < 1.29 is 9.53 Å². The van der Waals surface area contributed by atoms with Crippen LogP contribution in [0.5, 0.6) is 0 Å². The van der Waals surface area contributed by atoms with Crippen LogP contribution in [0.4, 0.5) is 0 Å². The van der Waals surface area contributed by atoms with Crippen LogP contribution in [0.15, 0.2) is 31.4 Å². The van der Waals surface area contributed by atoms with Gasteiger partial charge in [-0.05, 0) is 30.0 Å². The maximum Gasteiger partial charge on any atom is 0.338 e. The molecular weight excluding hydrogens is 224 g/mol. The van der Waals surface area contributed by atoms with Crippen LogP contribution < -0.4 is 0 Å². The Hall–Kier alpha value is -1.83. The molecule has 0 spiro atoms. The number of hydrogen-bond donors (Lipinski definition) is 0. The van der Waals surface area contributed by atoms with Crippen LogP contribution in [0, 0.1) is 6.92 Å². The summed E-state index contributed by atoms with van der Waals surface area (Å²) < 4.78 is 5.17. The van der Waals surface area contributed by atoms with Gasteiger partial charge in [0.1, 0.15) is 0 Å². The van der Waals surface area contributed by atoms with Crippen molar-refractivity contribution in [3.05, 3.63) is 48.0 Å². The third-order valence-corrected chi connectivity index (χ3v) is 2.83. The molecule has 1 aromatic carbocycles. The van der Waals surface area contributed by atoms with E-state index in [1.54, 1.807) is 6.08 Å². The molecule has 96 valence electrons. The fraction of sp³-hybridized carbons (Fsp3) is 0.312. The number of carbonyl (C=O) groups excluding carboxylic acids is 1. The Morgan fingerprint density at radius 2 is 2.17 bits per heavy atom. The molecular formula is C16H20O2. The van der Waals surface area contributed by atoms with Gasteiger partial charge in [-0.3, -0.25) is 0 Å². The van der Waals surface area contributed by atoms with Gasteiger partial charge in [0.05, 0.1) is 12.2 Å². The molecule has 2 heteroatoms. The van der Waals surface area contributed by atoms with Crippen molar-refractivity contribution in [1.82, 2.24) is 0 Å². The maximum atomic E-state index is 11.8. The maximum absolute atomic E-state index is 11.8. The third-order valence-electron chi connectivity index (χ3n) is 2.83. The normalized spacial score (nSPS) is 9.89. The van der Waals surface area contributed by atoms with Crippen LogP contribution in [0.25, 0.3) is 11.6 Å². The van der Waals surface area contributed by atoms with Crippen molar-refractivity contribution in [2.24, 2.45) is 0 Å². The van der Waals surface area contributed by atoms with Gasteiger partial charge >= 0.3 is 5.97 Å². The Morgan fingerprint density at radius 1 is 1.44 bits per heavy atom. The number of carbonyl (C=O) groups is 1. The quantitative estimate of drug-likeness (QED) is 0.429. The van der Waals surface area contributed by atoms with E-state index >= 15 is 0 Å². The molecule has 1 aromatic rings. The third kappa shape index (κ3) is 3.33. The van der Waals surface area contributed by atoms with Crippen LogP contribution in [0.3, 0.4) is 0 Å². The molecule has 18 heavy (non-hydrogen) atoms. The Bertz CT molecular complexity index is 458. The van der Waals surface area contributed by atoms with Crippen LogP contribution >= 0.6 is 0 Å². The fourth-order valence-corrected chi connectivity index (χ4v) is 1.72. The van der Waals surface area contributed by atoms with Crippen molar-refractivity contribution >= 4 is 17.6 Å². The number of benzene rings is 1. The lowest BCUT2D eigenvalue weighted by Gasteiger charge is -2.11. The van der Waals surface area contributed by atoms with Crippen LogP contribution in [-0.2, 0) is 9.53 Å². The van der Waals surface area contributed by atoms with Crippen molar-refractivity contribution in [1.29, 1.82) is 0 Å². The standard InChI is InChI=1S/C16H20O2/c1-5-7-11-18-16(17)13(4)15-10-8-9-12(3)14(15)6-2/h6,8-10H,2,4-5,7,11H2,1,3H3. The molecule has 0 aliphatic rings. The average molecular weight is 244 g/mol. The lowest BCUT2D eigenvalue weighted by atomic mass is 9.97. The molecule has 0 saturated heterocycles. The molecule has 0 fully saturated rings. The molecule has 0 aliphatic carbocycles. The highest BCUT2D eigenvalue weighted by atomic mass is 16.5. The lowest BCUT2D eigenvalue weighted by Crippen LogP contribution is -2.08. The second-order valence-corrected chi connectivity index (χ2v) is 4.21. The van der Waals surface area contributed by atoms with Crippen molar-refractivity contribution in [3.8, 4) is 0 Å². The predicted molar refractivity (Wildman–Crippen MR) is 76.2 cm³/mol. The zero-order valence-corrected chi connectivity index (χ0v) is 11.2. The first-order valence-electron chi connectivity index (χ1n) is 6.20. The Balaban J connectivity index is 2.87. The minimum Gasteiger partial charge on any atom is -0.462 e. The summed E-state index contributed by atoms with van der Waals surface area (Å²) in [6, 6.07) is 5.76. The van der Waals surface area contributed by atoms with E-state index in [4.69, 9.17) is 4.74 Å². The van der Waals surface area contributed by atoms with E-state index < -0.39 is 0 Å². The molecule has 0 aromatic heterocycles. The molecule has 0 radical (unpaired) electrons. The summed E-state index contributed by atoms with van der Waals surface area (Å²) in [6.45, 7) is 12.1. The van der Waals surface area contributed by atoms with Gasteiger partial charge in [0.2, 0.25) is 0 Å². The number of ether oxygens (including phenoxy) is 1. The second-order valence-electron chi connectivity index (χ2n) is 4.21. The fourth-order valence-electron chi connectivity index (χ4n) is 1.72. The predicted octanol–water partition coefficient (Wildman–Crippen LogP) is 3.99. The summed E-state index contributed by atoms with van der Waals surface area (Å²) in [5.41, 5.74) is 3.20. The van der Waals surface area contributed by atoms with Crippen LogP contribution in [-0.4, -0.2) is 12.6 Å². The van der Waals surface area contributed by atoms with Gasteiger partial charge in [0.15, 0.2) is 0 Å². The van der Waals surface area contributed by atoms with E-state index in [2.05, 4.69) is 20.1 Å². The van der Waals surface area contributed by atoms with Crippen molar-refractivity contribution in [2.45, 2.75) is 26.7 Å². The summed E-state index contributed by atoms with van der Waals surface area (Å²) in [5, 5.41) is 0. The highest BCUT2D eigenvalue weighted by Crippen LogP contribution is 2.23. The smallest absolute Gasteiger partial charge is 0.338 e. The van der Waals surface area contributed by atoms with Crippen molar-refractivity contribution in [2.75, 3.05) is 6.61 Å². The Kier molecular flexibility index (Phi) is 5.37. The largest absolute Gasteiger partial charge is 0.462 e. The molecule has 0 atom stereocenters. The molecule has 0 saturated carbocycles. The number of rotatable bonds is 6. The van der Waals surface area contributed by atoms with Gasteiger partial charge in [-0.25, -0.2) is 4.79 Å². The number of unbranched alkanes of at least 4 members (excludes halogenated alkanes) is 1. The molecule has 0 amide bonds. The topological polar surface area (TPSA) is 26.3 Å². The van der Waals surface area contributed by atoms with Crippen molar-refractivity contribution in [3.63, 3.8) is 0 Å². The minimum absolute atomic E-state index is 0.350. The Labute approximate surface area is 109 Å². The minimum atomic E-state index is -0.350. The summed E-state index contributed by atoms with van der Waals surface area (Å²) in [6.07, 6.45) is 3.62. The highest BCUT2D eigenvalue weighted by molar-refractivity contribution is 6.16. The molecule has 0 heterocycles. The molecule has 0 unspecified atom stereocenters. The van der Waals surface area contributed by atoms with E-state index in [1.165, 1.54) is 0 Å². The van der Waals surface area contributed by atoms with Gasteiger partial charge in [0.25, 0.3) is 0 Å². The van der Waals surface area contributed by atoms with E-state index in [0.717, 1.165) is 29.5 Å². The van der Waals surface area contributed by atoms with E-state index in [0.29, 0.717) is 12.2 Å². The second kappa shape index (κ2) is 6.80. The molecule has 1 rings (SSSR count). The Morgan fingerprint density at radius 3 is 2.78 bits per heavy atom. The van der Waals surface area contributed by atoms with Gasteiger partial charge < -0.3 is 4.74 Å². The monoisotopic (exact) mass is 244 g/mol. The molecule has 0 N–H and O–H groups in total. The number of aryl methyl sites for hydroxylation is 1. The van der Waals surface area contributed by atoms with Gasteiger partial charge in [0, 0.05) is 0 Å². The van der Waals surface area contributed by atoms with Crippen LogP contribution in [0.1, 0.15) is 36.5 Å². The van der Waals surface area contributed by atoms with Gasteiger partial charge in [-0.15, -0.1) is 0 Å². The molecule has 0 aliphatic heterocycles. The summed E-state index contributed by atoms with van der Waals surface area (Å²) in [7, 11) is 0. The first kappa shape index (κ1) is 14.2. The van der Waals surface area contributed by atoms with Gasteiger partial charge in [-0.2, -0.15) is 0 Å². The SMILES string of the molecule is C=Cc1c(C)cccc1C(=C)C(=O)OCCCC. The zero-order chi connectivity index (χ0) is 13.5. The van der Waals surface area contributed by atoms with E-state index in [1.807, 2.05) is 25.1 Å². The highest BCUT2D eigenvalue weighted by Gasteiger charge is 2.14. The zero-order valence-electron chi connectivity index (χ0n) is 11.2.